The van der Waals surface area contributed by atoms with E-state index in [2.05, 4.69) is 28.5 Å². The van der Waals surface area contributed by atoms with Crippen LogP contribution in [0, 0.1) is 12.8 Å². The summed E-state index contributed by atoms with van der Waals surface area (Å²) in [5.41, 5.74) is 0. The highest BCUT2D eigenvalue weighted by Crippen LogP contribution is 2.04. The van der Waals surface area contributed by atoms with Crippen molar-refractivity contribution in [2.24, 2.45) is 5.92 Å². The number of hydrogen-bond donors (Lipinski definition) is 2. The zero-order valence-electron chi connectivity index (χ0n) is 11.1. The standard InChI is InChI=1S/C11H21N3O3S/c1-9(2)8-17-6-4-5-13-18(15,16)11-7-12-10(3)14-11/h7,9,13H,4-6,8H2,1-3H3,(H,12,14). The molecule has 104 valence electrons. The Hall–Kier alpha value is -0.920. The predicted molar refractivity (Wildman–Crippen MR) is 68.8 cm³/mol. The minimum atomic E-state index is -3.47. The summed E-state index contributed by atoms with van der Waals surface area (Å²) in [7, 11) is -3.47. The third-order valence-corrected chi connectivity index (χ3v) is 3.55. The van der Waals surface area contributed by atoms with E-state index in [1.165, 1.54) is 6.20 Å². The fraction of sp³-hybridized carbons (Fsp3) is 0.727. The minimum Gasteiger partial charge on any atom is -0.381 e. The number of ether oxygens (including phenoxy) is 1. The Morgan fingerprint density at radius 1 is 1.50 bits per heavy atom. The van der Waals surface area contributed by atoms with Crippen LogP contribution >= 0.6 is 0 Å². The molecule has 0 spiro atoms. The van der Waals surface area contributed by atoms with Gasteiger partial charge in [-0.15, -0.1) is 0 Å². The van der Waals surface area contributed by atoms with E-state index in [1.54, 1.807) is 6.92 Å². The van der Waals surface area contributed by atoms with Gasteiger partial charge in [0.15, 0.2) is 5.03 Å². The van der Waals surface area contributed by atoms with Crippen molar-refractivity contribution in [3.8, 4) is 0 Å². The number of hydrogen-bond acceptors (Lipinski definition) is 4. The molecule has 0 aliphatic heterocycles. The molecule has 1 heterocycles. The number of H-pyrrole nitrogens is 1. The van der Waals surface area contributed by atoms with Crippen LogP contribution in [-0.2, 0) is 14.8 Å². The van der Waals surface area contributed by atoms with Gasteiger partial charge in [-0.3, -0.25) is 0 Å². The van der Waals surface area contributed by atoms with Crippen molar-refractivity contribution in [2.75, 3.05) is 19.8 Å². The lowest BCUT2D eigenvalue weighted by atomic mass is 10.2. The first kappa shape index (κ1) is 15.1. The van der Waals surface area contributed by atoms with E-state index in [9.17, 15) is 8.42 Å². The molecule has 0 saturated heterocycles. The van der Waals surface area contributed by atoms with Gasteiger partial charge in [0, 0.05) is 19.8 Å². The molecule has 2 N–H and O–H groups in total. The molecule has 0 atom stereocenters. The topological polar surface area (TPSA) is 84.1 Å². The van der Waals surface area contributed by atoms with Crippen LogP contribution in [0.1, 0.15) is 26.1 Å². The first-order valence-electron chi connectivity index (χ1n) is 6.01. The third-order valence-electron chi connectivity index (χ3n) is 2.18. The van der Waals surface area contributed by atoms with Gasteiger partial charge in [0.1, 0.15) is 5.82 Å². The molecule has 1 rings (SSSR count). The van der Waals surface area contributed by atoms with Crippen LogP contribution in [0.3, 0.4) is 0 Å². The van der Waals surface area contributed by atoms with Gasteiger partial charge >= 0.3 is 0 Å². The molecule has 0 unspecified atom stereocenters. The van der Waals surface area contributed by atoms with Gasteiger partial charge in [-0.05, 0) is 19.3 Å². The van der Waals surface area contributed by atoms with Crippen LogP contribution in [0.5, 0.6) is 0 Å². The molecule has 0 saturated carbocycles. The Labute approximate surface area is 108 Å². The molecule has 6 nitrogen and oxygen atoms in total. The first-order chi connectivity index (χ1) is 8.42. The number of aromatic amines is 1. The minimum absolute atomic E-state index is 0.100. The van der Waals surface area contributed by atoms with Crippen molar-refractivity contribution in [1.29, 1.82) is 0 Å². The summed E-state index contributed by atoms with van der Waals surface area (Å²) in [4.78, 5) is 6.55. The quantitative estimate of drug-likeness (QED) is 0.695. The van der Waals surface area contributed by atoms with E-state index in [0.29, 0.717) is 37.9 Å². The summed E-state index contributed by atoms with van der Waals surface area (Å²) in [5.74, 6) is 1.07. The molecule has 0 fully saturated rings. The van der Waals surface area contributed by atoms with Gasteiger partial charge in [0.05, 0.1) is 6.20 Å². The van der Waals surface area contributed by atoms with Crippen LogP contribution in [-0.4, -0.2) is 38.1 Å². The summed E-state index contributed by atoms with van der Waals surface area (Å²) in [6, 6.07) is 0. The molecule has 1 aromatic heterocycles. The molecule has 0 aromatic carbocycles. The molecule has 0 amide bonds. The van der Waals surface area contributed by atoms with Gasteiger partial charge in [-0.1, -0.05) is 13.8 Å². The summed E-state index contributed by atoms with van der Waals surface area (Å²) in [6.07, 6.45) is 1.96. The van der Waals surface area contributed by atoms with E-state index in [4.69, 9.17) is 4.74 Å². The second-order valence-corrected chi connectivity index (χ2v) is 6.29. The van der Waals surface area contributed by atoms with Crippen molar-refractivity contribution in [1.82, 2.24) is 14.7 Å². The lowest BCUT2D eigenvalue weighted by molar-refractivity contribution is 0.108. The Balaban J connectivity index is 2.26. The largest absolute Gasteiger partial charge is 0.381 e. The molecule has 0 aliphatic rings. The molecule has 0 aliphatic carbocycles. The monoisotopic (exact) mass is 275 g/mol. The van der Waals surface area contributed by atoms with Gasteiger partial charge in [0.2, 0.25) is 0 Å². The molecule has 0 radical (unpaired) electrons. The molecule has 0 bridgehead atoms. The Kier molecular flexibility index (Phi) is 5.77. The Morgan fingerprint density at radius 3 is 2.78 bits per heavy atom. The highest BCUT2D eigenvalue weighted by Gasteiger charge is 2.15. The van der Waals surface area contributed by atoms with E-state index in [-0.39, 0.29) is 5.03 Å². The van der Waals surface area contributed by atoms with Crippen LogP contribution in [0.25, 0.3) is 0 Å². The van der Waals surface area contributed by atoms with Crippen molar-refractivity contribution >= 4 is 10.0 Å². The number of nitrogens with zero attached hydrogens (tertiary/aromatic N) is 1. The second-order valence-electron chi connectivity index (χ2n) is 4.55. The zero-order chi connectivity index (χ0) is 13.6. The lowest BCUT2D eigenvalue weighted by Crippen LogP contribution is -2.26. The second kappa shape index (κ2) is 6.86. The highest BCUT2D eigenvalue weighted by molar-refractivity contribution is 7.89. The maximum absolute atomic E-state index is 11.8. The smallest absolute Gasteiger partial charge is 0.257 e. The normalized spacial score (nSPS) is 12.2. The van der Waals surface area contributed by atoms with E-state index in [0.717, 1.165) is 0 Å². The van der Waals surface area contributed by atoms with Crippen molar-refractivity contribution in [3.05, 3.63) is 12.0 Å². The summed E-state index contributed by atoms with van der Waals surface area (Å²) in [5, 5.41) is 0.100. The fourth-order valence-corrected chi connectivity index (χ4v) is 2.35. The predicted octanol–water partition coefficient (Wildman–Crippen LogP) is 1.06. The van der Waals surface area contributed by atoms with Crippen LogP contribution < -0.4 is 4.72 Å². The Morgan fingerprint density at radius 2 is 2.22 bits per heavy atom. The van der Waals surface area contributed by atoms with Gasteiger partial charge < -0.3 is 9.72 Å². The van der Waals surface area contributed by atoms with Gasteiger partial charge in [-0.2, -0.15) is 0 Å². The van der Waals surface area contributed by atoms with Gasteiger partial charge in [-0.25, -0.2) is 18.1 Å². The zero-order valence-corrected chi connectivity index (χ0v) is 11.9. The molecule has 1 aromatic rings. The SMILES string of the molecule is Cc1ncc(S(=O)(=O)NCCCOCC(C)C)[nH]1. The first-order valence-corrected chi connectivity index (χ1v) is 7.49. The number of aryl methyl sites for hydroxylation is 1. The fourth-order valence-electron chi connectivity index (χ4n) is 1.31. The summed E-state index contributed by atoms with van der Waals surface area (Å²) in [6.45, 7) is 7.47. The number of sulfonamides is 1. The Bertz CT molecular complexity index is 454. The highest BCUT2D eigenvalue weighted by atomic mass is 32.2. The molecule has 18 heavy (non-hydrogen) atoms. The maximum atomic E-state index is 11.8. The molecular weight excluding hydrogens is 254 g/mol. The van der Waals surface area contributed by atoms with E-state index >= 15 is 0 Å². The van der Waals surface area contributed by atoms with Crippen LogP contribution in [0.15, 0.2) is 11.2 Å². The molecular formula is C11H21N3O3S. The number of aromatic nitrogens is 2. The van der Waals surface area contributed by atoms with Crippen LogP contribution in [0.2, 0.25) is 0 Å². The van der Waals surface area contributed by atoms with Crippen molar-refractivity contribution in [3.63, 3.8) is 0 Å². The van der Waals surface area contributed by atoms with E-state index < -0.39 is 10.0 Å². The third kappa shape index (κ3) is 5.16. The summed E-state index contributed by atoms with van der Waals surface area (Å²) >= 11 is 0. The number of imidazole rings is 1. The van der Waals surface area contributed by atoms with Gasteiger partial charge in [0.25, 0.3) is 10.0 Å². The maximum Gasteiger partial charge on any atom is 0.257 e. The summed E-state index contributed by atoms with van der Waals surface area (Å²) < 4.78 is 31.4. The number of nitrogens with one attached hydrogen (secondary N) is 2. The lowest BCUT2D eigenvalue weighted by Gasteiger charge is -2.07. The van der Waals surface area contributed by atoms with Crippen molar-refractivity contribution < 1.29 is 13.2 Å². The van der Waals surface area contributed by atoms with Crippen molar-refractivity contribution in [2.45, 2.75) is 32.2 Å². The van der Waals surface area contributed by atoms with Crippen LogP contribution in [0.4, 0.5) is 0 Å². The average Bonchev–Trinajstić information content (AvgIpc) is 2.70. The number of rotatable bonds is 8. The molecule has 7 heteroatoms. The average molecular weight is 275 g/mol. The van der Waals surface area contributed by atoms with E-state index in [1.807, 2.05) is 0 Å².